The molecule has 1 aromatic heterocycles. The van der Waals surface area contributed by atoms with Gasteiger partial charge in [0.25, 0.3) is 0 Å². The SMILES string of the molecule is CCCOC(=O)[C@H](C)NP(=O)(Oc1cccc(OCCOC)c1)C(F)c1ccc2sc(C(=O)O)cc2c1. The number of ether oxygens (including phenoxy) is 3. The fourth-order valence-corrected chi connectivity index (χ4v) is 6.10. The Hall–Kier alpha value is -2.98. The van der Waals surface area contributed by atoms with E-state index in [0.717, 1.165) is 11.3 Å². The Morgan fingerprint density at radius 2 is 1.86 bits per heavy atom. The number of alkyl halides is 1. The highest BCUT2D eigenvalue weighted by atomic mass is 32.1. The zero-order chi connectivity index (χ0) is 27.0. The maximum atomic E-state index is 16.0. The minimum absolute atomic E-state index is 0.000281. The summed E-state index contributed by atoms with van der Waals surface area (Å²) in [5.41, 5.74) is -0.000281. The van der Waals surface area contributed by atoms with Crippen LogP contribution in [0.5, 0.6) is 11.5 Å². The summed E-state index contributed by atoms with van der Waals surface area (Å²) in [5, 5.41) is 12.3. The summed E-state index contributed by atoms with van der Waals surface area (Å²) in [6.07, 6.45) is 0.590. The predicted octanol–water partition coefficient (Wildman–Crippen LogP) is 5.80. The number of halogens is 1. The van der Waals surface area contributed by atoms with E-state index in [1.807, 2.05) is 6.92 Å². The van der Waals surface area contributed by atoms with Gasteiger partial charge in [0.05, 0.1) is 13.2 Å². The molecular formula is C25H29FNO8PS. The molecule has 3 aromatic rings. The number of thiophene rings is 1. The monoisotopic (exact) mass is 553 g/mol. The lowest BCUT2D eigenvalue weighted by atomic mass is 10.2. The van der Waals surface area contributed by atoms with E-state index >= 15 is 4.39 Å². The first-order valence-corrected chi connectivity index (χ1v) is 14.0. The molecule has 0 bridgehead atoms. The minimum atomic E-state index is -4.45. The lowest BCUT2D eigenvalue weighted by Crippen LogP contribution is -2.35. The van der Waals surface area contributed by atoms with Crippen LogP contribution in [-0.4, -0.2) is 50.0 Å². The molecule has 3 atom stereocenters. The number of fused-ring (bicyclic) bond motifs is 1. The van der Waals surface area contributed by atoms with Crippen LogP contribution in [0, 0.1) is 0 Å². The van der Waals surface area contributed by atoms with Gasteiger partial charge in [0.2, 0.25) is 5.91 Å². The molecule has 200 valence electrons. The molecule has 0 fully saturated rings. The number of aromatic carboxylic acids is 1. The summed E-state index contributed by atoms with van der Waals surface area (Å²) in [6.45, 7) is 4.02. The normalized spacial score (nSPS) is 14.5. The van der Waals surface area contributed by atoms with E-state index in [0.29, 0.717) is 28.9 Å². The maximum absolute atomic E-state index is 16.0. The third-order valence-corrected chi connectivity index (χ3v) is 8.33. The Labute approximate surface area is 218 Å². The summed E-state index contributed by atoms with van der Waals surface area (Å²) in [7, 11) is -2.91. The lowest BCUT2D eigenvalue weighted by molar-refractivity contribution is -0.145. The van der Waals surface area contributed by atoms with Crippen molar-refractivity contribution in [2.45, 2.75) is 32.2 Å². The molecule has 3 rings (SSSR count). The Kier molecular flexibility index (Phi) is 10.0. The maximum Gasteiger partial charge on any atom is 0.355 e. The van der Waals surface area contributed by atoms with Gasteiger partial charge in [-0.3, -0.25) is 9.36 Å². The van der Waals surface area contributed by atoms with E-state index < -0.39 is 31.4 Å². The number of benzene rings is 2. The van der Waals surface area contributed by atoms with Gasteiger partial charge >= 0.3 is 19.5 Å². The van der Waals surface area contributed by atoms with Crippen molar-refractivity contribution in [3.63, 3.8) is 0 Å². The first kappa shape index (κ1) is 28.6. The van der Waals surface area contributed by atoms with Gasteiger partial charge in [0, 0.05) is 17.9 Å². The summed E-state index contributed by atoms with van der Waals surface area (Å²) in [6, 6.07) is 10.9. The number of carbonyl (C=O) groups excluding carboxylic acids is 1. The molecule has 0 aliphatic heterocycles. The van der Waals surface area contributed by atoms with Crippen molar-refractivity contribution in [1.29, 1.82) is 0 Å². The van der Waals surface area contributed by atoms with Crippen LogP contribution >= 0.6 is 18.9 Å². The topological polar surface area (TPSA) is 120 Å². The van der Waals surface area contributed by atoms with E-state index in [-0.39, 0.29) is 29.4 Å². The Morgan fingerprint density at radius 1 is 1.11 bits per heavy atom. The Balaban J connectivity index is 1.93. The number of carboxylic acid groups (broad SMARTS) is 1. The second-order valence-electron chi connectivity index (χ2n) is 8.07. The fraction of sp³-hybridized carbons (Fsp3) is 0.360. The van der Waals surface area contributed by atoms with Crippen LogP contribution in [0.25, 0.3) is 10.1 Å². The van der Waals surface area contributed by atoms with Crippen molar-refractivity contribution in [2.24, 2.45) is 0 Å². The molecule has 2 unspecified atom stereocenters. The van der Waals surface area contributed by atoms with Crippen LogP contribution in [0.1, 0.15) is 41.4 Å². The van der Waals surface area contributed by atoms with Gasteiger partial charge in [0.1, 0.15) is 29.0 Å². The van der Waals surface area contributed by atoms with E-state index in [1.165, 1.54) is 44.4 Å². The van der Waals surface area contributed by atoms with Crippen LogP contribution in [0.15, 0.2) is 48.5 Å². The van der Waals surface area contributed by atoms with Crippen LogP contribution in [0.2, 0.25) is 0 Å². The fourth-order valence-electron chi connectivity index (χ4n) is 3.32. The number of hydrogen-bond acceptors (Lipinski definition) is 8. The highest BCUT2D eigenvalue weighted by molar-refractivity contribution is 7.57. The average molecular weight is 554 g/mol. The third kappa shape index (κ3) is 7.52. The van der Waals surface area contributed by atoms with Gasteiger partial charge in [-0.15, -0.1) is 11.3 Å². The second kappa shape index (κ2) is 13.0. The van der Waals surface area contributed by atoms with Crippen molar-refractivity contribution in [2.75, 3.05) is 26.9 Å². The van der Waals surface area contributed by atoms with Gasteiger partial charge < -0.3 is 23.8 Å². The number of nitrogens with one attached hydrogen (secondary N) is 1. The largest absolute Gasteiger partial charge is 0.491 e. The zero-order valence-electron chi connectivity index (χ0n) is 20.6. The second-order valence-corrected chi connectivity index (χ2v) is 11.2. The highest BCUT2D eigenvalue weighted by Gasteiger charge is 2.41. The summed E-state index contributed by atoms with van der Waals surface area (Å²) >= 11 is 1.05. The number of methoxy groups -OCH3 is 1. The van der Waals surface area contributed by atoms with Gasteiger partial charge in [0.15, 0.2) is 0 Å². The molecule has 0 aliphatic rings. The van der Waals surface area contributed by atoms with E-state index in [2.05, 4.69) is 5.09 Å². The van der Waals surface area contributed by atoms with Gasteiger partial charge in [-0.05, 0) is 54.6 Å². The van der Waals surface area contributed by atoms with E-state index in [9.17, 15) is 19.3 Å². The molecule has 0 radical (unpaired) electrons. The Bertz CT molecular complexity index is 1280. The molecule has 2 N–H and O–H groups in total. The molecule has 0 saturated carbocycles. The smallest absolute Gasteiger partial charge is 0.355 e. The van der Waals surface area contributed by atoms with Crippen molar-refractivity contribution in [3.8, 4) is 11.5 Å². The summed E-state index contributed by atoms with van der Waals surface area (Å²) in [5.74, 6) is -3.53. The zero-order valence-corrected chi connectivity index (χ0v) is 22.4. The number of carbonyl (C=O) groups is 2. The van der Waals surface area contributed by atoms with Crippen molar-refractivity contribution < 1.29 is 42.4 Å². The molecule has 12 heteroatoms. The number of esters is 1. The number of rotatable bonds is 14. The van der Waals surface area contributed by atoms with Crippen LogP contribution in [0.4, 0.5) is 4.39 Å². The van der Waals surface area contributed by atoms with Crippen molar-refractivity contribution in [3.05, 3.63) is 59.0 Å². The first-order valence-electron chi connectivity index (χ1n) is 11.5. The average Bonchev–Trinajstić information content (AvgIpc) is 3.31. The van der Waals surface area contributed by atoms with Gasteiger partial charge in [-0.1, -0.05) is 19.1 Å². The molecule has 0 spiro atoms. The summed E-state index contributed by atoms with van der Waals surface area (Å²) < 4.78 is 52.0. The molecule has 1 heterocycles. The quantitative estimate of drug-likeness (QED) is 0.145. The van der Waals surface area contributed by atoms with Crippen molar-refractivity contribution >= 4 is 40.9 Å². The van der Waals surface area contributed by atoms with E-state index in [4.69, 9.17) is 18.7 Å². The highest BCUT2D eigenvalue weighted by Crippen LogP contribution is 2.58. The molecule has 2 aromatic carbocycles. The molecule has 9 nitrogen and oxygen atoms in total. The van der Waals surface area contributed by atoms with Crippen molar-refractivity contribution in [1.82, 2.24) is 5.09 Å². The van der Waals surface area contributed by atoms with Crippen LogP contribution in [-0.2, 0) is 18.8 Å². The molecular weight excluding hydrogens is 524 g/mol. The summed E-state index contributed by atoms with van der Waals surface area (Å²) in [4.78, 5) is 23.8. The standard InChI is InChI=1S/C25H29FNO8PS/c1-4-10-34-25(30)16(2)27-36(31,35-20-7-5-6-19(15-20)33-12-11-32-3)23(26)17-8-9-21-18(13-17)14-22(37-21)24(28)29/h5-9,13-16,23H,4,10-12H2,1-3H3,(H,27,31)(H,28,29)/t16-,23?,36?/m0/s1. The van der Waals surface area contributed by atoms with Crippen LogP contribution < -0.4 is 14.3 Å². The third-order valence-electron chi connectivity index (χ3n) is 5.10. The number of carboxylic acids is 1. The lowest BCUT2D eigenvalue weighted by Gasteiger charge is -2.26. The number of hydrogen-bond donors (Lipinski definition) is 2. The molecule has 0 saturated heterocycles. The molecule has 37 heavy (non-hydrogen) atoms. The van der Waals surface area contributed by atoms with Gasteiger partial charge in [-0.25, -0.2) is 14.3 Å². The van der Waals surface area contributed by atoms with Gasteiger partial charge in [-0.2, -0.15) is 0 Å². The minimum Gasteiger partial charge on any atom is -0.491 e. The molecule has 0 amide bonds. The van der Waals surface area contributed by atoms with E-state index in [1.54, 1.807) is 18.2 Å². The Morgan fingerprint density at radius 3 is 2.57 bits per heavy atom. The van der Waals surface area contributed by atoms with Crippen LogP contribution in [0.3, 0.4) is 0 Å². The first-order chi connectivity index (χ1) is 17.7. The predicted molar refractivity (Wildman–Crippen MR) is 139 cm³/mol. The molecule has 0 aliphatic carbocycles.